The third kappa shape index (κ3) is 4.04. The van der Waals surface area contributed by atoms with Crippen LogP contribution in [0.5, 0.6) is 0 Å². The minimum atomic E-state index is 0.852. The quantitative estimate of drug-likeness (QED) is 0.458. The summed E-state index contributed by atoms with van der Waals surface area (Å²) < 4.78 is 0. The van der Waals surface area contributed by atoms with Crippen molar-refractivity contribution in [1.29, 1.82) is 0 Å². The van der Waals surface area contributed by atoms with Gasteiger partial charge in [-0.3, -0.25) is 5.10 Å². The van der Waals surface area contributed by atoms with E-state index in [1.54, 1.807) is 12.4 Å². The number of hydrogen-bond donors (Lipinski definition) is 1. The first kappa shape index (κ1) is 17.4. The van der Waals surface area contributed by atoms with Crippen molar-refractivity contribution in [1.82, 2.24) is 20.2 Å². The van der Waals surface area contributed by atoms with Gasteiger partial charge in [0.25, 0.3) is 0 Å². The molecule has 0 amide bonds. The fourth-order valence-corrected chi connectivity index (χ4v) is 2.87. The summed E-state index contributed by atoms with van der Waals surface area (Å²) in [4.78, 5) is 9.99. The van der Waals surface area contributed by atoms with Crippen molar-refractivity contribution in [2.75, 3.05) is 4.90 Å². The van der Waals surface area contributed by atoms with Crippen molar-refractivity contribution in [3.05, 3.63) is 110 Å². The number of nitrogens with one attached hydrogen (secondary N) is 1. The number of aromatic nitrogens is 4. The molecule has 0 bridgehead atoms. The molecule has 0 aliphatic heterocycles. The predicted molar refractivity (Wildman–Crippen MR) is 113 cm³/mol. The maximum atomic E-state index is 3.94. The third-order valence-electron chi connectivity index (χ3n) is 4.16. The van der Waals surface area contributed by atoms with Gasteiger partial charge in [0, 0.05) is 17.1 Å². The van der Waals surface area contributed by atoms with Gasteiger partial charge >= 0.3 is 0 Å². The Balaban J connectivity index is 0.000000177. The van der Waals surface area contributed by atoms with Crippen LogP contribution in [-0.2, 0) is 0 Å². The Labute approximate surface area is 163 Å². The molecule has 136 valence electrons. The third-order valence-corrected chi connectivity index (χ3v) is 4.16. The Kier molecular flexibility index (Phi) is 5.35. The number of hydrogen-bond acceptors (Lipinski definition) is 4. The first-order chi connectivity index (χ1) is 13.9. The largest absolute Gasteiger partial charge is 0.311 e. The van der Waals surface area contributed by atoms with E-state index in [4.69, 9.17) is 0 Å². The number of H-pyrrole nitrogens is 1. The lowest BCUT2D eigenvalue weighted by Crippen LogP contribution is -2.09. The van der Waals surface area contributed by atoms with Crippen molar-refractivity contribution in [2.45, 2.75) is 0 Å². The molecular formula is C23H19N5. The lowest BCUT2D eigenvalue weighted by molar-refractivity contribution is 1.11. The second-order valence-corrected chi connectivity index (χ2v) is 6.03. The van der Waals surface area contributed by atoms with Crippen LogP contribution in [0.4, 0.5) is 17.1 Å². The van der Waals surface area contributed by atoms with Gasteiger partial charge in [0.2, 0.25) is 0 Å². The van der Waals surface area contributed by atoms with Gasteiger partial charge in [-0.2, -0.15) is 5.10 Å². The Hall–Kier alpha value is -3.99. The zero-order valence-corrected chi connectivity index (χ0v) is 15.2. The molecule has 0 fully saturated rings. The SMILES string of the molecule is c1ccc(N(c2ccccc2)c2ccccc2)cc1.c1ncc2[nH]ncc2n1. The highest BCUT2D eigenvalue weighted by Crippen LogP contribution is 2.33. The summed E-state index contributed by atoms with van der Waals surface area (Å²) in [6.07, 6.45) is 4.85. The molecule has 5 nitrogen and oxygen atoms in total. The molecule has 5 aromatic rings. The second kappa shape index (κ2) is 8.60. The maximum Gasteiger partial charge on any atom is 0.116 e. The van der Waals surface area contributed by atoms with Gasteiger partial charge in [0.15, 0.2) is 0 Å². The van der Waals surface area contributed by atoms with Gasteiger partial charge in [-0.1, -0.05) is 54.6 Å². The Morgan fingerprint density at radius 1 is 0.607 bits per heavy atom. The van der Waals surface area contributed by atoms with E-state index in [0.717, 1.165) is 11.0 Å². The monoisotopic (exact) mass is 365 g/mol. The predicted octanol–water partition coefficient (Wildman–Crippen LogP) is 5.51. The highest BCUT2D eigenvalue weighted by molar-refractivity contribution is 5.76. The minimum Gasteiger partial charge on any atom is -0.311 e. The average Bonchev–Trinajstić information content (AvgIpc) is 3.26. The van der Waals surface area contributed by atoms with Gasteiger partial charge in [0.1, 0.15) is 17.4 Å². The molecule has 0 saturated heterocycles. The highest BCUT2D eigenvalue weighted by Gasteiger charge is 2.10. The molecular weight excluding hydrogens is 346 g/mol. The highest BCUT2D eigenvalue weighted by atomic mass is 15.1. The Morgan fingerprint density at radius 3 is 1.57 bits per heavy atom. The van der Waals surface area contributed by atoms with Crippen molar-refractivity contribution in [3.8, 4) is 0 Å². The summed E-state index contributed by atoms with van der Waals surface area (Å²) >= 11 is 0. The van der Waals surface area contributed by atoms with Gasteiger partial charge in [-0.15, -0.1) is 0 Å². The van der Waals surface area contributed by atoms with Gasteiger partial charge < -0.3 is 4.90 Å². The summed E-state index contributed by atoms with van der Waals surface area (Å²) in [6, 6.07) is 31.3. The zero-order valence-electron chi connectivity index (χ0n) is 15.2. The minimum absolute atomic E-state index is 0.852. The second-order valence-electron chi connectivity index (χ2n) is 6.03. The number of para-hydroxylation sites is 3. The summed E-state index contributed by atoms with van der Waals surface area (Å²) in [5, 5.41) is 6.52. The molecule has 0 radical (unpaired) electrons. The molecule has 0 aliphatic rings. The molecule has 5 heteroatoms. The molecule has 5 rings (SSSR count). The number of anilines is 3. The van der Waals surface area contributed by atoms with E-state index in [1.807, 2.05) is 18.2 Å². The lowest BCUT2D eigenvalue weighted by atomic mass is 10.2. The molecule has 0 aliphatic carbocycles. The van der Waals surface area contributed by atoms with Crippen molar-refractivity contribution < 1.29 is 0 Å². The average molecular weight is 365 g/mol. The summed E-state index contributed by atoms with van der Waals surface area (Å²) in [5.74, 6) is 0. The van der Waals surface area contributed by atoms with E-state index >= 15 is 0 Å². The van der Waals surface area contributed by atoms with Crippen LogP contribution in [0.3, 0.4) is 0 Å². The van der Waals surface area contributed by atoms with E-state index < -0.39 is 0 Å². The fraction of sp³-hybridized carbons (Fsp3) is 0. The van der Waals surface area contributed by atoms with Crippen LogP contribution in [0.15, 0.2) is 110 Å². The first-order valence-electron chi connectivity index (χ1n) is 8.96. The van der Waals surface area contributed by atoms with E-state index in [1.165, 1.54) is 23.4 Å². The molecule has 1 N–H and O–H groups in total. The number of rotatable bonds is 3. The number of nitrogens with zero attached hydrogens (tertiary/aromatic N) is 4. The normalized spacial score (nSPS) is 10.1. The van der Waals surface area contributed by atoms with E-state index in [-0.39, 0.29) is 0 Å². The topological polar surface area (TPSA) is 57.7 Å². The fourth-order valence-electron chi connectivity index (χ4n) is 2.87. The molecule has 3 aromatic carbocycles. The molecule has 0 spiro atoms. The summed E-state index contributed by atoms with van der Waals surface area (Å²) in [5.41, 5.74) is 5.22. The maximum absolute atomic E-state index is 3.94. The van der Waals surface area contributed by atoms with Crippen LogP contribution in [0.1, 0.15) is 0 Å². The molecule has 28 heavy (non-hydrogen) atoms. The number of aromatic amines is 1. The van der Waals surface area contributed by atoms with Crippen LogP contribution in [0.2, 0.25) is 0 Å². The first-order valence-corrected chi connectivity index (χ1v) is 8.96. The Bertz CT molecular complexity index is 985. The number of fused-ring (bicyclic) bond motifs is 1. The number of benzene rings is 3. The molecule has 0 unspecified atom stereocenters. The smallest absolute Gasteiger partial charge is 0.116 e. The Morgan fingerprint density at radius 2 is 1.11 bits per heavy atom. The van der Waals surface area contributed by atoms with E-state index in [9.17, 15) is 0 Å². The zero-order chi connectivity index (χ0) is 19.0. The molecule has 2 aromatic heterocycles. The van der Waals surface area contributed by atoms with Crippen LogP contribution in [0, 0.1) is 0 Å². The standard InChI is InChI=1S/C18H15N.C5H4N4/c1-4-10-16(11-5-1)19(17-12-6-2-7-13-17)18-14-8-3-9-15-18;1-5-4(2-8-9-5)7-3-6-1/h1-15H;1-3H,(H,8,9). The van der Waals surface area contributed by atoms with E-state index in [0.29, 0.717) is 0 Å². The van der Waals surface area contributed by atoms with Crippen LogP contribution in [-0.4, -0.2) is 20.2 Å². The summed E-state index contributed by atoms with van der Waals surface area (Å²) in [7, 11) is 0. The van der Waals surface area contributed by atoms with E-state index in [2.05, 4.69) is 97.9 Å². The van der Waals surface area contributed by atoms with Gasteiger partial charge in [-0.05, 0) is 36.4 Å². The molecule has 0 saturated carbocycles. The molecule has 0 atom stereocenters. The van der Waals surface area contributed by atoms with Crippen LogP contribution < -0.4 is 4.90 Å². The molecule has 2 heterocycles. The van der Waals surface area contributed by atoms with Crippen molar-refractivity contribution in [3.63, 3.8) is 0 Å². The lowest BCUT2D eigenvalue weighted by Gasteiger charge is -2.25. The van der Waals surface area contributed by atoms with Gasteiger partial charge in [0.05, 0.1) is 12.4 Å². The van der Waals surface area contributed by atoms with Crippen molar-refractivity contribution >= 4 is 28.1 Å². The van der Waals surface area contributed by atoms with Crippen molar-refractivity contribution in [2.24, 2.45) is 0 Å². The van der Waals surface area contributed by atoms with Crippen LogP contribution >= 0.6 is 0 Å². The summed E-state index contributed by atoms with van der Waals surface area (Å²) in [6.45, 7) is 0. The van der Waals surface area contributed by atoms with Crippen LogP contribution in [0.25, 0.3) is 11.0 Å². The van der Waals surface area contributed by atoms with Gasteiger partial charge in [-0.25, -0.2) is 9.97 Å².